The van der Waals surface area contributed by atoms with E-state index >= 15 is 0 Å². The van der Waals surface area contributed by atoms with E-state index in [1.54, 1.807) is 12.1 Å². The van der Waals surface area contributed by atoms with Crippen LogP contribution in [0.2, 0.25) is 10.0 Å². The van der Waals surface area contributed by atoms with E-state index in [0.29, 0.717) is 27.9 Å². The highest BCUT2D eigenvalue weighted by molar-refractivity contribution is 6.31. The number of hydrogen-bond acceptors (Lipinski definition) is 2. The Morgan fingerprint density at radius 2 is 1.79 bits per heavy atom. The Bertz CT molecular complexity index is 869. The van der Waals surface area contributed by atoms with Crippen molar-refractivity contribution >= 4 is 29.1 Å². The topological polar surface area (TPSA) is 42.2 Å². The molecule has 0 aliphatic rings. The zero-order valence-electron chi connectivity index (χ0n) is 13.0. The van der Waals surface area contributed by atoms with Gasteiger partial charge in [0, 0.05) is 21.2 Å². The van der Waals surface area contributed by atoms with Crippen LogP contribution < -0.4 is 5.32 Å². The lowest BCUT2D eigenvalue weighted by atomic mass is 10.1. The van der Waals surface area contributed by atoms with Crippen molar-refractivity contribution in [1.29, 1.82) is 0 Å². The summed E-state index contributed by atoms with van der Waals surface area (Å²) in [5, 5.41) is 4.07. The summed E-state index contributed by atoms with van der Waals surface area (Å²) in [5.74, 6) is 1.21. The van der Waals surface area contributed by atoms with Crippen LogP contribution in [0.4, 0.5) is 0 Å². The van der Waals surface area contributed by atoms with Crippen molar-refractivity contribution in [1.82, 2.24) is 5.32 Å². The Morgan fingerprint density at radius 1 is 1.04 bits per heavy atom. The van der Waals surface area contributed by atoms with E-state index in [1.807, 2.05) is 49.4 Å². The highest BCUT2D eigenvalue weighted by atomic mass is 35.5. The molecule has 0 spiro atoms. The molecule has 24 heavy (non-hydrogen) atoms. The first kappa shape index (κ1) is 16.6. The molecule has 1 N–H and O–H groups in total. The molecule has 1 heterocycles. The van der Waals surface area contributed by atoms with Gasteiger partial charge >= 0.3 is 0 Å². The summed E-state index contributed by atoms with van der Waals surface area (Å²) in [5.41, 5.74) is 2.39. The van der Waals surface area contributed by atoms with E-state index in [2.05, 4.69) is 5.32 Å². The van der Waals surface area contributed by atoms with Gasteiger partial charge in [0.25, 0.3) is 5.91 Å². The van der Waals surface area contributed by atoms with E-state index in [4.69, 9.17) is 27.6 Å². The summed E-state index contributed by atoms with van der Waals surface area (Å²) in [6, 6.07) is 16.3. The van der Waals surface area contributed by atoms with Crippen molar-refractivity contribution in [3.8, 4) is 11.3 Å². The lowest BCUT2D eigenvalue weighted by Gasteiger charge is -2.05. The number of carbonyl (C=O) groups is 1. The van der Waals surface area contributed by atoms with Gasteiger partial charge < -0.3 is 9.73 Å². The van der Waals surface area contributed by atoms with Crippen molar-refractivity contribution in [3.63, 3.8) is 0 Å². The Labute approximate surface area is 150 Å². The van der Waals surface area contributed by atoms with Gasteiger partial charge in [0.2, 0.25) is 0 Å². The molecule has 0 atom stereocenters. The summed E-state index contributed by atoms with van der Waals surface area (Å²) in [7, 11) is 0. The summed E-state index contributed by atoms with van der Waals surface area (Å²) in [6.45, 7) is 2.20. The van der Waals surface area contributed by atoms with Gasteiger partial charge in [0.15, 0.2) is 0 Å². The second-order valence-corrected chi connectivity index (χ2v) is 6.26. The average molecular weight is 360 g/mol. The molecular weight excluding hydrogens is 345 g/mol. The summed E-state index contributed by atoms with van der Waals surface area (Å²) in [6.07, 6.45) is 0. The van der Waals surface area contributed by atoms with E-state index in [9.17, 15) is 4.79 Å². The summed E-state index contributed by atoms with van der Waals surface area (Å²) in [4.78, 5) is 12.2. The fraction of sp³-hybridized carbons (Fsp3) is 0.105. The number of furan rings is 1. The maximum atomic E-state index is 12.2. The zero-order valence-corrected chi connectivity index (χ0v) is 14.5. The van der Waals surface area contributed by atoms with Gasteiger partial charge in [-0.3, -0.25) is 4.79 Å². The molecule has 0 radical (unpaired) electrons. The summed E-state index contributed by atoms with van der Waals surface area (Å²) >= 11 is 11.9. The second-order valence-electron chi connectivity index (χ2n) is 5.42. The fourth-order valence-corrected chi connectivity index (χ4v) is 2.55. The number of amides is 1. The molecule has 0 bridgehead atoms. The first-order chi connectivity index (χ1) is 11.5. The van der Waals surface area contributed by atoms with Crippen LogP contribution in [0.1, 0.15) is 21.7 Å². The molecule has 3 aromatic rings. The Hall–Kier alpha value is -2.23. The van der Waals surface area contributed by atoms with Gasteiger partial charge in [-0.25, -0.2) is 0 Å². The predicted molar refractivity (Wildman–Crippen MR) is 96.5 cm³/mol. The van der Waals surface area contributed by atoms with Crippen LogP contribution in [0, 0.1) is 6.92 Å². The molecular formula is C19H15Cl2NO2. The van der Waals surface area contributed by atoms with Crippen LogP contribution in [0.3, 0.4) is 0 Å². The van der Waals surface area contributed by atoms with Gasteiger partial charge in [0.1, 0.15) is 11.5 Å². The minimum absolute atomic E-state index is 0.193. The maximum Gasteiger partial charge on any atom is 0.251 e. The third-order valence-electron chi connectivity index (χ3n) is 3.65. The lowest BCUT2D eigenvalue weighted by molar-refractivity contribution is 0.0948. The van der Waals surface area contributed by atoms with Crippen LogP contribution in [-0.2, 0) is 6.54 Å². The molecule has 3 nitrogen and oxygen atoms in total. The van der Waals surface area contributed by atoms with E-state index in [1.165, 1.54) is 0 Å². The number of rotatable bonds is 4. The number of benzene rings is 2. The third kappa shape index (κ3) is 3.81. The number of nitrogens with one attached hydrogen (secondary N) is 1. The first-order valence-corrected chi connectivity index (χ1v) is 8.17. The molecule has 5 heteroatoms. The maximum absolute atomic E-state index is 12.2. The van der Waals surface area contributed by atoms with Crippen molar-refractivity contribution < 1.29 is 9.21 Å². The van der Waals surface area contributed by atoms with Gasteiger partial charge in [-0.2, -0.15) is 0 Å². The van der Waals surface area contributed by atoms with E-state index < -0.39 is 0 Å². The SMILES string of the molecule is Cc1ccc(C(=O)NCc2ccc(-c3ccc(Cl)cc3)o2)cc1Cl. The summed E-state index contributed by atoms with van der Waals surface area (Å²) < 4.78 is 5.75. The Balaban J connectivity index is 1.65. The Kier molecular flexibility index (Phi) is 4.93. The minimum atomic E-state index is -0.193. The minimum Gasteiger partial charge on any atom is -0.459 e. The second kappa shape index (κ2) is 7.12. The number of carbonyl (C=O) groups excluding carboxylic acids is 1. The quantitative estimate of drug-likeness (QED) is 0.668. The normalized spacial score (nSPS) is 10.6. The van der Waals surface area contributed by atoms with Crippen molar-refractivity contribution in [3.05, 3.63) is 81.5 Å². The van der Waals surface area contributed by atoms with Crippen molar-refractivity contribution in [2.24, 2.45) is 0 Å². The van der Waals surface area contributed by atoms with Gasteiger partial charge in [-0.1, -0.05) is 29.3 Å². The smallest absolute Gasteiger partial charge is 0.251 e. The first-order valence-electron chi connectivity index (χ1n) is 7.42. The van der Waals surface area contributed by atoms with Crippen molar-refractivity contribution in [2.45, 2.75) is 13.5 Å². The highest BCUT2D eigenvalue weighted by Crippen LogP contribution is 2.24. The highest BCUT2D eigenvalue weighted by Gasteiger charge is 2.09. The van der Waals surface area contributed by atoms with Gasteiger partial charge in [0.05, 0.1) is 6.54 Å². The van der Waals surface area contributed by atoms with E-state index in [0.717, 1.165) is 16.9 Å². The molecule has 122 valence electrons. The van der Waals surface area contributed by atoms with Crippen LogP contribution >= 0.6 is 23.2 Å². The third-order valence-corrected chi connectivity index (χ3v) is 4.31. The number of hydrogen-bond donors (Lipinski definition) is 1. The van der Waals surface area contributed by atoms with Gasteiger partial charge in [-0.05, 0) is 61.0 Å². The molecule has 0 saturated heterocycles. The van der Waals surface area contributed by atoms with Crippen LogP contribution in [0.15, 0.2) is 59.0 Å². The fourth-order valence-electron chi connectivity index (χ4n) is 2.25. The molecule has 1 aromatic heterocycles. The van der Waals surface area contributed by atoms with E-state index in [-0.39, 0.29) is 5.91 Å². The molecule has 0 unspecified atom stereocenters. The predicted octanol–water partition coefficient (Wildman–Crippen LogP) is 5.49. The molecule has 0 fully saturated rings. The van der Waals surface area contributed by atoms with Crippen LogP contribution in [-0.4, -0.2) is 5.91 Å². The van der Waals surface area contributed by atoms with Gasteiger partial charge in [-0.15, -0.1) is 0 Å². The Morgan fingerprint density at radius 3 is 2.50 bits per heavy atom. The lowest BCUT2D eigenvalue weighted by Crippen LogP contribution is -2.22. The molecule has 0 saturated carbocycles. The zero-order chi connectivity index (χ0) is 17.1. The average Bonchev–Trinajstić information content (AvgIpc) is 3.05. The molecule has 0 aliphatic heterocycles. The molecule has 1 amide bonds. The van der Waals surface area contributed by atoms with Crippen LogP contribution in [0.5, 0.6) is 0 Å². The largest absolute Gasteiger partial charge is 0.459 e. The van der Waals surface area contributed by atoms with Crippen LogP contribution in [0.25, 0.3) is 11.3 Å². The molecule has 2 aromatic carbocycles. The standard InChI is InChI=1S/C19H15Cl2NO2/c1-12-2-3-14(10-17(12)21)19(23)22-11-16-8-9-18(24-16)13-4-6-15(20)7-5-13/h2-10H,11H2,1H3,(H,22,23). The number of aryl methyl sites for hydroxylation is 1. The monoisotopic (exact) mass is 359 g/mol. The molecule has 3 rings (SSSR count). The van der Waals surface area contributed by atoms with Crippen molar-refractivity contribution in [2.75, 3.05) is 0 Å². The number of halogens is 2. The molecule has 0 aliphatic carbocycles.